The topological polar surface area (TPSA) is 3.24 Å². The molecule has 0 heterocycles. The number of likely N-dealkylation sites (N-methyl/N-ethyl adjacent to an activating group) is 1. The maximum Gasteiger partial charge on any atom is 0.0406 e. The molecule has 0 bridgehead atoms. The summed E-state index contributed by atoms with van der Waals surface area (Å²) in [5, 5.41) is 0.841. The predicted octanol–water partition coefficient (Wildman–Crippen LogP) is 4.49. The van der Waals surface area contributed by atoms with Crippen molar-refractivity contribution in [1.29, 1.82) is 0 Å². The van der Waals surface area contributed by atoms with Crippen molar-refractivity contribution in [1.82, 2.24) is 4.90 Å². The number of halogens is 1. The molecule has 1 aromatic rings. The van der Waals surface area contributed by atoms with Crippen LogP contribution in [0.15, 0.2) is 24.3 Å². The average Bonchev–Trinajstić information content (AvgIpc) is 2.79. The van der Waals surface area contributed by atoms with Crippen molar-refractivity contribution in [2.45, 2.75) is 44.4 Å². The molecule has 1 saturated carbocycles. The van der Waals surface area contributed by atoms with E-state index in [2.05, 4.69) is 31.0 Å². The van der Waals surface area contributed by atoms with Crippen LogP contribution in [0.5, 0.6) is 0 Å². The van der Waals surface area contributed by atoms with E-state index in [0.717, 1.165) is 5.02 Å². The summed E-state index contributed by atoms with van der Waals surface area (Å²) >= 11 is 6.01. The first-order chi connectivity index (χ1) is 8.66. The second-order valence-electron chi connectivity index (χ2n) is 5.73. The van der Waals surface area contributed by atoms with E-state index < -0.39 is 0 Å². The molecule has 1 aromatic carbocycles. The van der Waals surface area contributed by atoms with Crippen molar-refractivity contribution in [3.05, 3.63) is 34.9 Å². The van der Waals surface area contributed by atoms with E-state index in [1.165, 1.54) is 50.8 Å². The Labute approximate surface area is 116 Å². The molecular formula is C16H24ClN. The largest absolute Gasteiger partial charge is 0.305 e. The number of benzene rings is 1. The summed E-state index contributed by atoms with van der Waals surface area (Å²) in [7, 11) is 2.25. The summed E-state index contributed by atoms with van der Waals surface area (Å²) in [5.74, 6) is 0. The zero-order chi connectivity index (χ0) is 13.0. The van der Waals surface area contributed by atoms with Crippen LogP contribution in [0.2, 0.25) is 5.02 Å². The van der Waals surface area contributed by atoms with Gasteiger partial charge >= 0.3 is 0 Å². The van der Waals surface area contributed by atoms with Gasteiger partial charge in [0.15, 0.2) is 0 Å². The SMILES string of the molecule is CCCN(C)CC1(c2ccc(Cl)cc2)CCCC1. The van der Waals surface area contributed by atoms with Gasteiger partial charge in [-0.05, 0) is 50.6 Å². The van der Waals surface area contributed by atoms with Crippen molar-refractivity contribution in [2.24, 2.45) is 0 Å². The molecule has 0 unspecified atom stereocenters. The lowest BCUT2D eigenvalue weighted by molar-refractivity contribution is 0.245. The number of hydrogen-bond acceptors (Lipinski definition) is 1. The highest BCUT2D eigenvalue weighted by Crippen LogP contribution is 2.41. The number of hydrogen-bond donors (Lipinski definition) is 0. The molecule has 0 amide bonds. The first-order valence-electron chi connectivity index (χ1n) is 7.11. The molecule has 1 nitrogen and oxygen atoms in total. The summed E-state index contributed by atoms with van der Waals surface area (Å²) in [6.45, 7) is 4.62. The quantitative estimate of drug-likeness (QED) is 0.758. The highest BCUT2D eigenvalue weighted by Gasteiger charge is 2.36. The summed E-state index contributed by atoms with van der Waals surface area (Å²) in [6.07, 6.45) is 6.60. The van der Waals surface area contributed by atoms with Crippen LogP contribution in [0.25, 0.3) is 0 Å². The van der Waals surface area contributed by atoms with Crippen LogP contribution in [-0.4, -0.2) is 25.0 Å². The van der Waals surface area contributed by atoms with Gasteiger partial charge in [0.2, 0.25) is 0 Å². The maximum absolute atomic E-state index is 6.01. The van der Waals surface area contributed by atoms with Gasteiger partial charge in [-0.2, -0.15) is 0 Å². The second kappa shape index (κ2) is 6.08. The Morgan fingerprint density at radius 3 is 2.33 bits per heavy atom. The van der Waals surface area contributed by atoms with Crippen molar-refractivity contribution in [3.63, 3.8) is 0 Å². The lowest BCUT2D eigenvalue weighted by Crippen LogP contribution is -2.37. The zero-order valence-corrected chi connectivity index (χ0v) is 12.3. The molecule has 18 heavy (non-hydrogen) atoms. The summed E-state index contributed by atoms with van der Waals surface area (Å²) in [6, 6.07) is 8.54. The third kappa shape index (κ3) is 3.07. The molecule has 0 atom stereocenters. The van der Waals surface area contributed by atoms with Crippen LogP contribution < -0.4 is 0 Å². The van der Waals surface area contributed by atoms with Crippen LogP contribution in [0.3, 0.4) is 0 Å². The first-order valence-corrected chi connectivity index (χ1v) is 7.49. The second-order valence-corrected chi connectivity index (χ2v) is 6.17. The monoisotopic (exact) mass is 265 g/mol. The molecule has 2 rings (SSSR count). The van der Waals surface area contributed by atoms with E-state index in [4.69, 9.17) is 11.6 Å². The van der Waals surface area contributed by atoms with E-state index in [1.54, 1.807) is 0 Å². The van der Waals surface area contributed by atoms with Gasteiger partial charge in [0.05, 0.1) is 0 Å². The molecule has 1 aliphatic rings. The number of rotatable bonds is 5. The molecule has 1 fully saturated rings. The molecule has 0 saturated heterocycles. The van der Waals surface area contributed by atoms with Crippen molar-refractivity contribution < 1.29 is 0 Å². The summed E-state index contributed by atoms with van der Waals surface area (Å²) < 4.78 is 0. The lowest BCUT2D eigenvalue weighted by atomic mass is 9.78. The van der Waals surface area contributed by atoms with Gasteiger partial charge in [0.25, 0.3) is 0 Å². The zero-order valence-electron chi connectivity index (χ0n) is 11.6. The van der Waals surface area contributed by atoms with Crippen LogP contribution in [0, 0.1) is 0 Å². The van der Waals surface area contributed by atoms with Crippen LogP contribution in [-0.2, 0) is 5.41 Å². The lowest BCUT2D eigenvalue weighted by Gasteiger charge is -2.34. The third-order valence-electron chi connectivity index (χ3n) is 4.20. The van der Waals surface area contributed by atoms with Gasteiger partial charge in [0.1, 0.15) is 0 Å². The van der Waals surface area contributed by atoms with Crippen molar-refractivity contribution in [3.8, 4) is 0 Å². The first kappa shape index (κ1) is 13.9. The van der Waals surface area contributed by atoms with E-state index >= 15 is 0 Å². The van der Waals surface area contributed by atoms with Gasteiger partial charge in [-0.25, -0.2) is 0 Å². The molecule has 2 heteroatoms. The van der Waals surface area contributed by atoms with E-state index in [0.29, 0.717) is 5.41 Å². The fourth-order valence-electron chi connectivity index (χ4n) is 3.37. The van der Waals surface area contributed by atoms with E-state index in [-0.39, 0.29) is 0 Å². The van der Waals surface area contributed by atoms with Crippen LogP contribution in [0.4, 0.5) is 0 Å². The van der Waals surface area contributed by atoms with Gasteiger partial charge in [-0.1, -0.05) is 43.5 Å². The molecule has 1 aliphatic carbocycles. The molecule has 100 valence electrons. The maximum atomic E-state index is 6.01. The number of nitrogens with zero attached hydrogens (tertiary/aromatic N) is 1. The molecule has 0 aromatic heterocycles. The Morgan fingerprint density at radius 2 is 1.78 bits per heavy atom. The van der Waals surface area contributed by atoms with Gasteiger partial charge in [0, 0.05) is 17.0 Å². The molecule has 0 aliphatic heterocycles. The smallest absolute Gasteiger partial charge is 0.0406 e. The Bertz CT molecular complexity index is 365. The molecule has 0 N–H and O–H groups in total. The Morgan fingerprint density at radius 1 is 1.17 bits per heavy atom. The standard InChI is InChI=1S/C16H24ClN/c1-3-12-18(2)13-16(10-4-5-11-16)14-6-8-15(17)9-7-14/h6-9H,3-5,10-13H2,1-2H3. The van der Waals surface area contributed by atoms with Crippen molar-refractivity contribution >= 4 is 11.6 Å². The van der Waals surface area contributed by atoms with Crippen molar-refractivity contribution in [2.75, 3.05) is 20.1 Å². The Hall–Kier alpha value is -0.530. The van der Waals surface area contributed by atoms with Gasteiger partial charge in [-0.3, -0.25) is 0 Å². The normalized spacial score (nSPS) is 18.4. The third-order valence-corrected chi connectivity index (χ3v) is 4.45. The highest BCUT2D eigenvalue weighted by atomic mass is 35.5. The van der Waals surface area contributed by atoms with E-state index in [1.807, 2.05) is 12.1 Å². The minimum atomic E-state index is 0.370. The van der Waals surface area contributed by atoms with E-state index in [9.17, 15) is 0 Å². The van der Waals surface area contributed by atoms with Crippen LogP contribution in [0.1, 0.15) is 44.6 Å². The minimum absolute atomic E-state index is 0.370. The summed E-state index contributed by atoms with van der Waals surface area (Å²) in [5.41, 5.74) is 1.85. The predicted molar refractivity (Wildman–Crippen MR) is 79.4 cm³/mol. The molecule has 0 spiro atoms. The summed E-state index contributed by atoms with van der Waals surface area (Å²) in [4.78, 5) is 2.49. The highest BCUT2D eigenvalue weighted by molar-refractivity contribution is 6.30. The Balaban J connectivity index is 2.18. The van der Waals surface area contributed by atoms with Gasteiger partial charge < -0.3 is 4.90 Å². The molecular weight excluding hydrogens is 242 g/mol. The average molecular weight is 266 g/mol. The molecule has 0 radical (unpaired) electrons. The Kier molecular flexibility index (Phi) is 4.69. The van der Waals surface area contributed by atoms with Gasteiger partial charge in [-0.15, -0.1) is 0 Å². The fourth-order valence-corrected chi connectivity index (χ4v) is 3.50. The minimum Gasteiger partial charge on any atom is -0.305 e. The van der Waals surface area contributed by atoms with Crippen LogP contribution >= 0.6 is 11.6 Å². The fraction of sp³-hybridized carbons (Fsp3) is 0.625.